The first-order valence-electron chi connectivity index (χ1n) is 8.16. The Bertz CT molecular complexity index is 1080. The Kier molecular flexibility index (Phi) is 4.36. The number of hydrogen-bond acceptors (Lipinski definition) is 7. The number of rotatable bonds is 4. The molecule has 0 saturated carbocycles. The van der Waals surface area contributed by atoms with Crippen LogP contribution in [0.3, 0.4) is 0 Å². The van der Waals surface area contributed by atoms with Gasteiger partial charge in [0.25, 0.3) is 5.91 Å². The van der Waals surface area contributed by atoms with Crippen LogP contribution in [-0.2, 0) is 0 Å². The lowest BCUT2D eigenvalue weighted by Crippen LogP contribution is -2.15. The molecular weight excluding hydrogens is 344 g/mol. The lowest BCUT2D eigenvalue weighted by Gasteiger charge is -2.05. The van der Waals surface area contributed by atoms with Crippen molar-refractivity contribution in [2.75, 3.05) is 5.32 Å². The van der Waals surface area contributed by atoms with Crippen molar-refractivity contribution in [2.24, 2.45) is 0 Å². The van der Waals surface area contributed by atoms with Crippen LogP contribution in [0.5, 0.6) is 0 Å². The second-order valence-corrected chi connectivity index (χ2v) is 5.64. The molecule has 0 aliphatic rings. The van der Waals surface area contributed by atoms with E-state index in [0.717, 1.165) is 5.56 Å². The van der Waals surface area contributed by atoms with Gasteiger partial charge in [-0.1, -0.05) is 41.6 Å². The Morgan fingerprint density at radius 2 is 1.78 bits per heavy atom. The first-order chi connectivity index (χ1) is 13.2. The van der Waals surface area contributed by atoms with Crippen LogP contribution in [-0.4, -0.2) is 31.0 Å². The molecule has 8 nitrogen and oxygen atoms in total. The molecule has 1 amide bonds. The maximum absolute atomic E-state index is 12.5. The minimum absolute atomic E-state index is 0.0614. The van der Waals surface area contributed by atoms with Crippen molar-refractivity contribution in [2.45, 2.75) is 6.92 Å². The Balaban J connectivity index is 1.57. The largest absolute Gasteiger partial charge is 0.350 e. The summed E-state index contributed by atoms with van der Waals surface area (Å²) < 4.78 is 5.15. The van der Waals surface area contributed by atoms with Crippen LogP contribution in [0.25, 0.3) is 22.8 Å². The van der Waals surface area contributed by atoms with Crippen LogP contribution in [0.1, 0.15) is 16.4 Å². The van der Waals surface area contributed by atoms with Gasteiger partial charge < -0.3 is 4.52 Å². The van der Waals surface area contributed by atoms with Crippen molar-refractivity contribution in [3.05, 3.63) is 72.4 Å². The third-order valence-corrected chi connectivity index (χ3v) is 3.67. The van der Waals surface area contributed by atoms with Crippen molar-refractivity contribution in [3.8, 4) is 22.8 Å². The van der Waals surface area contributed by atoms with Crippen LogP contribution in [0, 0.1) is 6.92 Å². The number of aromatic nitrogens is 5. The van der Waals surface area contributed by atoms with Gasteiger partial charge in [0.2, 0.25) is 11.7 Å². The molecule has 132 valence electrons. The molecule has 0 radical (unpaired) electrons. The fraction of sp³-hybridized carbons (Fsp3) is 0.0526. The minimum Gasteiger partial charge on any atom is -0.350 e. The van der Waals surface area contributed by atoms with E-state index in [-0.39, 0.29) is 11.7 Å². The highest BCUT2D eigenvalue weighted by Gasteiger charge is 2.16. The predicted octanol–water partition coefficient (Wildman–Crippen LogP) is 3.15. The molecule has 0 unspecified atom stereocenters. The van der Waals surface area contributed by atoms with E-state index in [1.807, 2.05) is 36.4 Å². The molecule has 0 aliphatic carbocycles. The summed E-state index contributed by atoms with van der Waals surface area (Å²) in [6, 6.07) is 16.4. The number of anilines is 1. The van der Waals surface area contributed by atoms with E-state index in [2.05, 4.69) is 30.4 Å². The average molecular weight is 358 g/mol. The van der Waals surface area contributed by atoms with Crippen LogP contribution in [0.4, 0.5) is 5.95 Å². The van der Waals surface area contributed by atoms with E-state index in [4.69, 9.17) is 4.52 Å². The molecular formula is C19H14N6O2. The maximum Gasteiger partial charge on any atom is 0.296 e. The lowest BCUT2D eigenvalue weighted by atomic mass is 10.1. The van der Waals surface area contributed by atoms with Gasteiger partial charge >= 0.3 is 0 Å². The lowest BCUT2D eigenvalue weighted by molar-refractivity contribution is 0.0987. The van der Waals surface area contributed by atoms with E-state index in [1.54, 1.807) is 31.3 Å². The fourth-order valence-corrected chi connectivity index (χ4v) is 2.44. The number of carbonyl (C=O) groups excluding carboxylic acids is 1. The summed E-state index contributed by atoms with van der Waals surface area (Å²) in [4.78, 5) is 29.3. The summed E-state index contributed by atoms with van der Waals surface area (Å²) in [6.45, 7) is 1.71. The summed E-state index contributed by atoms with van der Waals surface area (Å²) in [5.41, 5.74) is 2.01. The Morgan fingerprint density at radius 3 is 2.56 bits per heavy atom. The molecule has 4 aromatic rings. The number of nitrogens with zero attached hydrogens (tertiary/aromatic N) is 5. The van der Waals surface area contributed by atoms with Gasteiger partial charge in [0.15, 0.2) is 5.82 Å². The molecule has 0 atom stereocenters. The standard InChI is InChI=1S/C19H14N6O2/c1-12-21-17(14-9-5-6-10-20-14)23-19(22-12)24-18(26)16-11-15(25-27-16)13-7-3-2-4-8-13/h2-11H,1H3,(H,21,22,23,24,26). The number of nitrogens with one attached hydrogen (secondary N) is 1. The van der Waals surface area contributed by atoms with Gasteiger partial charge in [0, 0.05) is 17.8 Å². The summed E-state index contributed by atoms with van der Waals surface area (Å²) in [7, 11) is 0. The Labute approximate surface area is 154 Å². The number of pyridine rings is 1. The zero-order valence-corrected chi connectivity index (χ0v) is 14.3. The number of hydrogen-bond donors (Lipinski definition) is 1. The highest BCUT2D eigenvalue weighted by molar-refractivity contribution is 6.01. The van der Waals surface area contributed by atoms with Gasteiger partial charge in [-0.2, -0.15) is 9.97 Å². The van der Waals surface area contributed by atoms with E-state index < -0.39 is 5.91 Å². The number of aryl methyl sites for hydroxylation is 1. The van der Waals surface area contributed by atoms with Gasteiger partial charge in [0.05, 0.1) is 0 Å². The molecule has 27 heavy (non-hydrogen) atoms. The summed E-state index contributed by atoms with van der Waals surface area (Å²) in [5, 5.41) is 6.54. The van der Waals surface area contributed by atoms with Crippen molar-refractivity contribution in [3.63, 3.8) is 0 Å². The smallest absolute Gasteiger partial charge is 0.296 e. The summed E-state index contributed by atoms with van der Waals surface area (Å²) in [5.74, 6) is 0.517. The van der Waals surface area contributed by atoms with Gasteiger partial charge in [-0.3, -0.25) is 15.1 Å². The zero-order chi connectivity index (χ0) is 18.6. The molecule has 0 bridgehead atoms. The van der Waals surface area contributed by atoms with Crippen molar-refractivity contribution in [1.29, 1.82) is 0 Å². The third kappa shape index (κ3) is 3.69. The van der Waals surface area contributed by atoms with E-state index >= 15 is 0 Å². The number of carbonyl (C=O) groups is 1. The third-order valence-electron chi connectivity index (χ3n) is 3.67. The SMILES string of the molecule is Cc1nc(NC(=O)c2cc(-c3ccccc3)no2)nc(-c2ccccn2)n1. The van der Waals surface area contributed by atoms with Crippen LogP contribution in [0.15, 0.2) is 65.3 Å². The Hall–Kier alpha value is -3.94. The topological polar surface area (TPSA) is 107 Å². The van der Waals surface area contributed by atoms with Crippen molar-refractivity contribution >= 4 is 11.9 Å². The average Bonchev–Trinajstić information content (AvgIpc) is 3.19. The summed E-state index contributed by atoms with van der Waals surface area (Å²) >= 11 is 0. The molecule has 0 saturated heterocycles. The van der Waals surface area contributed by atoms with Gasteiger partial charge in [-0.25, -0.2) is 4.98 Å². The zero-order valence-electron chi connectivity index (χ0n) is 14.3. The van der Waals surface area contributed by atoms with E-state index in [0.29, 0.717) is 23.0 Å². The van der Waals surface area contributed by atoms with Crippen LogP contribution < -0.4 is 5.32 Å². The van der Waals surface area contributed by atoms with Crippen molar-refractivity contribution in [1.82, 2.24) is 25.1 Å². The molecule has 1 aromatic carbocycles. The monoisotopic (exact) mass is 358 g/mol. The number of amides is 1. The van der Waals surface area contributed by atoms with Gasteiger partial charge in [-0.15, -0.1) is 0 Å². The molecule has 0 fully saturated rings. The van der Waals surface area contributed by atoms with Crippen molar-refractivity contribution < 1.29 is 9.32 Å². The second-order valence-electron chi connectivity index (χ2n) is 5.64. The predicted molar refractivity (Wildman–Crippen MR) is 97.7 cm³/mol. The quantitative estimate of drug-likeness (QED) is 0.597. The van der Waals surface area contributed by atoms with Crippen LogP contribution >= 0.6 is 0 Å². The number of benzene rings is 1. The molecule has 0 aliphatic heterocycles. The molecule has 8 heteroatoms. The van der Waals surface area contributed by atoms with Gasteiger partial charge in [-0.05, 0) is 19.1 Å². The molecule has 3 aromatic heterocycles. The first kappa shape index (κ1) is 16.5. The molecule has 1 N–H and O–H groups in total. The molecule has 0 spiro atoms. The van der Waals surface area contributed by atoms with E-state index in [1.165, 1.54) is 0 Å². The van der Waals surface area contributed by atoms with Gasteiger partial charge in [0.1, 0.15) is 17.2 Å². The summed E-state index contributed by atoms with van der Waals surface area (Å²) in [6.07, 6.45) is 1.65. The highest BCUT2D eigenvalue weighted by Crippen LogP contribution is 2.19. The normalized spacial score (nSPS) is 10.6. The maximum atomic E-state index is 12.5. The minimum atomic E-state index is -0.498. The molecule has 3 heterocycles. The first-order valence-corrected chi connectivity index (χ1v) is 8.16. The molecule has 4 rings (SSSR count). The van der Waals surface area contributed by atoms with E-state index in [9.17, 15) is 4.79 Å². The Morgan fingerprint density at radius 1 is 0.963 bits per heavy atom. The fourth-order valence-electron chi connectivity index (χ4n) is 2.44. The second kappa shape index (κ2) is 7.12. The highest BCUT2D eigenvalue weighted by atomic mass is 16.5. The van der Waals surface area contributed by atoms with Crippen LogP contribution in [0.2, 0.25) is 0 Å².